The molecule has 0 aromatic carbocycles. The molecule has 1 saturated heterocycles. The van der Waals surface area contributed by atoms with Crippen LogP contribution in [0.15, 0.2) is 12.7 Å². The van der Waals surface area contributed by atoms with E-state index in [0.29, 0.717) is 0 Å². The molecule has 0 saturated carbocycles. The molecule has 1 unspecified atom stereocenters. The minimum absolute atomic E-state index is 0.795. The zero-order valence-electron chi connectivity index (χ0n) is 5.77. The fourth-order valence-corrected chi connectivity index (χ4v) is 1.23. The van der Waals surface area contributed by atoms with Crippen LogP contribution in [0.1, 0.15) is 12.8 Å². The second-order valence-electron chi connectivity index (χ2n) is 2.52. The molecule has 1 rings (SSSR count). The van der Waals surface area contributed by atoms with Gasteiger partial charge in [0.25, 0.3) is 0 Å². The molecule has 9 heavy (non-hydrogen) atoms. The van der Waals surface area contributed by atoms with Gasteiger partial charge in [-0.15, -0.1) is 6.58 Å². The lowest BCUT2D eigenvalue weighted by Crippen LogP contribution is -2.27. The second-order valence-corrected chi connectivity index (χ2v) is 2.52. The Morgan fingerprint density at radius 1 is 1.67 bits per heavy atom. The van der Waals surface area contributed by atoms with Crippen LogP contribution in [0.5, 0.6) is 0 Å². The van der Waals surface area contributed by atoms with E-state index in [2.05, 4.69) is 18.3 Å². The molecule has 0 amide bonds. The van der Waals surface area contributed by atoms with Gasteiger partial charge in [0.1, 0.15) is 0 Å². The largest absolute Gasteiger partial charge is 0.317 e. The van der Waals surface area contributed by atoms with Crippen LogP contribution < -0.4 is 5.32 Å². The third-order valence-corrected chi connectivity index (χ3v) is 1.79. The monoisotopic (exact) mass is 126 g/mol. The van der Waals surface area contributed by atoms with Crippen molar-refractivity contribution < 1.29 is 0 Å². The minimum atomic E-state index is 0.795. The Hall–Kier alpha value is -0.300. The first-order valence-corrected chi connectivity index (χ1v) is 3.60. The Morgan fingerprint density at radius 3 is 3.11 bits per heavy atom. The molecule has 1 heteroatoms. The molecular formula is C8H14N. The third kappa shape index (κ3) is 2.19. The molecule has 1 aliphatic rings. The number of piperidine rings is 1. The number of rotatable bonds is 2. The summed E-state index contributed by atoms with van der Waals surface area (Å²) < 4.78 is 0. The molecular weight excluding hydrogens is 112 g/mol. The fraction of sp³-hybridized carbons (Fsp3) is 0.625. The van der Waals surface area contributed by atoms with Gasteiger partial charge in [-0.05, 0) is 38.3 Å². The van der Waals surface area contributed by atoms with Crippen molar-refractivity contribution in [3.8, 4) is 0 Å². The van der Waals surface area contributed by atoms with Gasteiger partial charge >= 0.3 is 0 Å². The first-order valence-electron chi connectivity index (χ1n) is 3.60. The zero-order valence-corrected chi connectivity index (χ0v) is 5.77. The van der Waals surface area contributed by atoms with E-state index in [1.807, 2.05) is 6.08 Å². The van der Waals surface area contributed by atoms with Crippen molar-refractivity contribution >= 4 is 0 Å². The van der Waals surface area contributed by atoms with Crippen LogP contribution in [0.3, 0.4) is 0 Å². The Balaban J connectivity index is 2.15. The van der Waals surface area contributed by atoms with Gasteiger partial charge in [-0.1, -0.05) is 6.08 Å². The van der Waals surface area contributed by atoms with Gasteiger partial charge in [0, 0.05) is 0 Å². The number of hydrogen-bond donors (Lipinski definition) is 1. The van der Waals surface area contributed by atoms with Crippen LogP contribution in [0.4, 0.5) is 0 Å². The van der Waals surface area contributed by atoms with Crippen molar-refractivity contribution in [3.63, 3.8) is 0 Å². The van der Waals surface area contributed by atoms with Crippen molar-refractivity contribution in [1.29, 1.82) is 0 Å². The van der Waals surface area contributed by atoms with Gasteiger partial charge in [0.15, 0.2) is 0 Å². The summed E-state index contributed by atoms with van der Waals surface area (Å²) in [5, 5.41) is 3.32. The summed E-state index contributed by atoms with van der Waals surface area (Å²) in [6, 6.07) is 0. The molecule has 1 fully saturated rings. The van der Waals surface area contributed by atoms with E-state index in [1.165, 1.54) is 25.9 Å². The standard InChI is InChI=1S/C8H14N/c1-2-3-8-4-6-9-7-5-8/h2-3,8-9H,1,4-7H2/i6+2. The smallest absolute Gasteiger partial charge is 0.00461 e. The Kier molecular flexibility index (Phi) is 2.78. The SMILES string of the molecule is C=C[CH]C1CCN[14CH2]C1. The van der Waals surface area contributed by atoms with Crippen molar-refractivity contribution in [3.05, 3.63) is 19.1 Å². The third-order valence-electron chi connectivity index (χ3n) is 1.79. The number of allylic oxidation sites excluding steroid dienone is 1. The van der Waals surface area contributed by atoms with E-state index < -0.39 is 0 Å². The summed E-state index contributed by atoms with van der Waals surface area (Å²) in [7, 11) is 0. The molecule has 1 atom stereocenters. The van der Waals surface area contributed by atoms with Gasteiger partial charge in [-0.2, -0.15) is 0 Å². The Bertz CT molecular complexity index is 82.6. The maximum absolute atomic E-state index is 3.68. The lowest BCUT2D eigenvalue weighted by atomic mass is 10.0. The maximum atomic E-state index is 3.68. The average molecular weight is 126 g/mol. The zero-order chi connectivity index (χ0) is 6.53. The van der Waals surface area contributed by atoms with Crippen molar-refractivity contribution in [2.24, 2.45) is 5.92 Å². The van der Waals surface area contributed by atoms with E-state index in [9.17, 15) is 0 Å². The highest BCUT2D eigenvalue weighted by Gasteiger charge is 2.10. The summed E-state index contributed by atoms with van der Waals surface area (Å²) in [4.78, 5) is 0. The second kappa shape index (κ2) is 3.67. The van der Waals surface area contributed by atoms with Crippen LogP contribution in [0.2, 0.25) is 0 Å². The normalized spacial score (nSPS) is 27.8. The molecule has 51 valence electrons. The quantitative estimate of drug-likeness (QED) is 0.589. The first kappa shape index (κ1) is 6.81. The van der Waals surface area contributed by atoms with Crippen LogP contribution in [-0.2, 0) is 0 Å². The van der Waals surface area contributed by atoms with Gasteiger partial charge in [-0.3, -0.25) is 0 Å². The molecule has 0 aromatic rings. The molecule has 0 bridgehead atoms. The van der Waals surface area contributed by atoms with Crippen molar-refractivity contribution in [1.82, 2.24) is 5.32 Å². The number of nitrogens with one attached hydrogen (secondary N) is 1. The highest BCUT2D eigenvalue weighted by Crippen LogP contribution is 2.14. The molecule has 1 nitrogen and oxygen atoms in total. The topological polar surface area (TPSA) is 12.0 Å². The first-order chi connectivity index (χ1) is 4.43. The summed E-state index contributed by atoms with van der Waals surface area (Å²) in [6.45, 7) is 6.03. The summed E-state index contributed by atoms with van der Waals surface area (Å²) in [6.07, 6.45) is 6.69. The van der Waals surface area contributed by atoms with Gasteiger partial charge in [0.05, 0.1) is 0 Å². The summed E-state index contributed by atoms with van der Waals surface area (Å²) in [5.41, 5.74) is 0. The number of hydrogen-bond acceptors (Lipinski definition) is 1. The van der Waals surface area contributed by atoms with Crippen molar-refractivity contribution in [2.75, 3.05) is 13.1 Å². The molecule has 1 N–H and O–H groups in total. The Morgan fingerprint density at radius 2 is 2.56 bits per heavy atom. The molecule has 0 aliphatic carbocycles. The predicted molar refractivity (Wildman–Crippen MR) is 40.1 cm³/mol. The highest BCUT2D eigenvalue weighted by atomic mass is 15.4. The van der Waals surface area contributed by atoms with E-state index in [0.717, 1.165) is 5.92 Å². The lowest BCUT2D eigenvalue weighted by molar-refractivity contribution is 0.422. The molecule has 0 aromatic heterocycles. The minimum Gasteiger partial charge on any atom is -0.317 e. The predicted octanol–water partition coefficient (Wildman–Crippen LogP) is 1.38. The molecule has 0 spiro atoms. The van der Waals surface area contributed by atoms with Gasteiger partial charge in [-0.25, -0.2) is 0 Å². The molecule has 1 aliphatic heterocycles. The molecule has 1 heterocycles. The highest BCUT2D eigenvalue weighted by molar-refractivity contribution is 4.93. The summed E-state index contributed by atoms with van der Waals surface area (Å²) >= 11 is 0. The van der Waals surface area contributed by atoms with Crippen LogP contribution >= 0.6 is 0 Å². The Labute approximate surface area is 57.1 Å². The van der Waals surface area contributed by atoms with E-state index >= 15 is 0 Å². The lowest BCUT2D eigenvalue weighted by Gasteiger charge is -2.20. The van der Waals surface area contributed by atoms with Gasteiger partial charge in [0.2, 0.25) is 0 Å². The van der Waals surface area contributed by atoms with Crippen molar-refractivity contribution in [2.45, 2.75) is 12.8 Å². The van der Waals surface area contributed by atoms with Gasteiger partial charge < -0.3 is 5.32 Å². The van der Waals surface area contributed by atoms with Crippen LogP contribution in [-0.4, -0.2) is 13.1 Å². The van der Waals surface area contributed by atoms with E-state index in [4.69, 9.17) is 0 Å². The van der Waals surface area contributed by atoms with Crippen LogP contribution in [0.25, 0.3) is 0 Å². The van der Waals surface area contributed by atoms with E-state index in [-0.39, 0.29) is 0 Å². The fourth-order valence-electron chi connectivity index (χ4n) is 1.23. The maximum Gasteiger partial charge on any atom is -0.00461 e. The average Bonchev–Trinajstić information content (AvgIpc) is 1.91. The van der Waals surface area contributed by atoms with E-state index in [1.54, 1.807) is 0 Å². The van der Waals surface area contributed by atoms with Crippen LogP contribution in [0, 0.1) is 12.3 Å². The molecule has 1 radical (unpaired) electrons. The summed E-state index contributed by atoms with van der Waals surface area (Å²) in [5.74, 6) is 0.795.